The number of carbonyl (C=O) groups excluding carboxylic acids is 2. The van der Waals surface area contributed by atoms with Crippen molar-refractivity contribution in [3.05, 3.63) is 28.3 Å². The second kappa shape index (κ2) is 8.38. The molecule has 0 N–H and O–H groups in total. The highest BCUT2D eigenvalue weighted by molar-refractivity contribution is 6.05. The van der Waals surface area contributed by atoms with Gasteiger partial charge in [-0.05, 0) is 34.1 Å². The van der Waals surface area contributed by atoms with E-state index in [1.165, 1.54) is 0 Å². The van der Waals surface area contributed by atoms with Crippen LogP contribution in [0, 0.1) is 22.5 Å². The van der Waals surface area contributed by atoms with Crippen LogP contribution in [0.15, 0.2) is 12.4 Å². The summed E-state index contributed by atoms with van der Waals surface area (Å²) in [5.74, 6) is 0.258. The summed E-state index contributed by atoms with van der Waals surface area (Å²) < 4.78 is 10.4. The predicted molar refractivity (Wildman–Crippen MR) is 90.9 cm³/mol. The van der Waals surface area contributed by atoms with E-state index >= 15 is 0 Å². The van der Waals surface area contributed by atoms with Crippen LogP contribution in [0.3, 0.4) is 0 Å². The molecule has 1 heterocycles. The lowest BCUT2D eigenvalue weighted by atomic mass is 9.81. The molecule has 9 nitrogen and oxygen atoms in total. The molecule has 26 heavy (non-hydrogen) atoms. The number of carbonyl (C=O) groups is 2. The molecule has 1 atom stereocenters. The van der Waals surface area contributed by atoms with Crippen molar-refractivity contribution < 1.29 is 24.0 Å². The van der Waals surface area contributed by atoms with E-state index in [0.29, 0.717) is 0 Å². The molecule has 1 aromatic heterocycles. The van der Waals surface area contributed by atoms with Crippen molar-refractivity contribution in [3.8, 4) is 12.3 Å². The monoisotopic (exact) mass is 363 g/mol. The van der Waals surface area contributed by atoms with E-state index in [1.54, 1.807) is 27.7 Å². The molecule has 0 aliphatic rings. The van der Waals surface area contributed by atoms with Crippen LogP contribution in [0.2, 0.25) is 0 Å². The molecule has 9 heteroatoms. The molecule has 0 radical (unpaired) electrons. The molecule has 0 fully saturated rings. The topological polar surface area (TPSA) is 122 Å². The van der Waals surface area contributed by atoms with Crippen molar-refractivity contribution >= 4 is 17.6 Å². The number of aromatic nitrogens is 2. The Hall–Kier alpha value is -3.02. The highest BCUT2D eigenvalue weighted by Gasteiger charge is 2.54. The Bertz CT molecular complexity index is 717. The molecule has 0 bridgehead atoms. The first kappa shape index (κ1) is 21.0. The van der Waals surface area contributed by atoms with Crippen LogP contribution in [0.4, 0.5) is 5.69 Å². The van der Waals surface area contributed by atoms with Gasteiger partial charge in [0.15, 0.2) is 5.82 Å². The summed E-state index contributed by atoms with van der Waals surface area (Å²) in [6, 6.07) is 0. The molecule has 0 aromatic carbocycles. The SMILES string of the molecule is C#CCCC(C(=O)OCC)(C(=O)OC(C)(C)C)c1ncc([N+](=O)[O-])cn1. The van der Waals surface area contributed by atoms with Gasteiger partial charge in [0, 0.05) is 6.42 Å². The van der Waals surface area contributed by atoms with Crippen LogP contribution in [0.1, 0.15) is 46.4 Å². The summed E-state index contributed by atoms with van der Waals surface area (Å²) in [6.07, 6.45) is 7.00. The summed E-state index contributed by atoms with van der Waals surface area (Å²) in [4.78, 5) is 43.5. The first-order valence-corrected chi connectivity index (χ1v) is 7.89. The summed E-state index contributed by atoms with van der Waals surface area (Å²) in [7, 11) is 0. The van der Waals surface area contributed by atoms with Crippen LogP contribution in [-0.4, -0.2) is 39.0 Å². The number of terminal acetylenes is 1. The van der Waals surface area contributed by atoms with Crippen molar-refractivity contribution in [2.45, 2.75) is 51.6 Å². The van der Waals surface area contributed by atoms with Gasteiger partial charge in [-0.25, -0.2) is 9.97 Å². The fourth-order valence-electron chi connectivity index (χ4n) is 2.10. The molecule has 0 spiro atoms. The standard InChI is InChI=1S/C17H21N3O6/c1-6-8-9-17(14(21)25-7-2,15(22)26-16(3,4)5)13-18-10-12(11-19-13)20(23)24/h1,10-11H,7-9H2,2-5H3. The largest absolute Gasteiger partial charge is 0.465 e. The fourth-order valence-corrected chi connectivity index (χ4v) is 2.10. The van der Waals surface area contributed by atoms with E-state index in [-0.39, 0.29) is 31.0 Å². The lowest BCUT2D eigenvalue weighted by molar-refractivity contribution is -0.385. The Morgan fingerprint density at radius 1 is 1.27 bits per heavy atom. The third-order valence-corrected chi connectivity index (χ3v) is 3.25. The van der Waals surface area contributed by atoms with Gasteiger partial charge in [-0.2, -0.15) is 0 Å². The zero-order valence-electron chi connectivity index (χ0n) is 15.1. The Morgan fingerprint density at radius 3 is 2.27 bits per heavy atom. The molecule has 0 saturated heterocycles. The Kier molecular flexibility index (Phi) is 6.78. The lowest BCUT2D eigenvalue weighted by Crippen LogP contribution is -2.49. The quantitative estimate of drug-likeness (QED) is 0.237. The molecule has 0 saturated carbocycles. The Labute approximate surface area is 151 Å². The highest BCUT2D eigenvalue weighted by Crippen LogP contribution is 2.32. The third-order valence-electron chi connectivity index (χ3n) is 3.25. The molecule has 1 rings (SSSR count). The normalized spacial score (nSPS) is 13.2. The van der Waals surface area contributed by atoms with E-state index in [1.807, 2.05) is 0 Å². The zero-order valence-corrected chi connectivity index (χ0v) is 15.1. The van der Waals surface area contributed by atoms with Gasteiger partial charge < -0.3 is 9.47 Å². The van der Waals surface area contributed by atoms with Crippen LogP contribution in [0.25, 0.3) is 0 Å². The van der Waals surface area contributed by atoms with E-state index in [0.717, 1.165) is 12.4 Å². The maximum atomic E-state index is 12.9. The maximum absolute atomic E-state index is 12.9. The summed E-state index contributed by atoms with van der Waals surface area (Å²) in [6.45, 7) is 6.50. The van der Waals surface area contributed by atoms with Gasteiger partial charge >= 0.3 is 17.6 Å². The minimum absolute atomic E-state index is 0.00637. The van der Waals surface area contributed by atoms with Crippen LogP contribution >= 0.6 is 0 Å². The molecule has 0 aliphatic carbocycles. The highest BCUT2D eigenvalue weighted by atomic mass is 16.6. The number of esters is 2. The molecule has 140 valence electrons. The summed E-state index contributed by atoms with van der Waals surface area (Å²) in [5, 5.41) is 10.8. The lowest BCUT2D eigenvalue weighted by Gasteiger charge is -2.30. The molecular formula is C17H21N3O6. The van der Waals surface area contributed by atoms with Gasteiger partial charge in [0.05, 0.1) is 11.5 Å². The van der Waals surface area contributed by atoms with E-state index in [4.69, 9.17) is 15.9 Å². The minimum Gasteiger partial charge on any atom is -0.465 e. The zero-order chi connectivity index (χ0) is 20.0. The van der Waals surface area contributed by atoms with Gasteiger partial charge in [0.2, 0.25) is 5.41 Å². The molecule has 1 aromatic rings. The Morgan fingerprint density at radius 2 is 1.85 bits per heavy atom. The van der Waals surface area contributed by atoms with Crippen LogP contribution in [0.5, 0.6) is 0 Å². The number of nitro groups is 1. The minimum atomic E-state index is -2.01. The van der Waals surface area contributed by atoms with E-state index < -0.39 is 27.9 Å². The average Bonchev–Trinajstić information content (AvgIpc) is 2.54. The molecule has 0 aliphatic heterocycles. The third kappa shape index (κ3) is 4.75. The molecule has 1 unspecified atom stereocenters. The van der Waals surface area contributed by atoms with E-state index in [9.17, 15) is 19.7 Å². The Balaban J connectivity index is 3.54. The van der Waals surface area contributed by atoms with Gasteiger partial charge in [-0.1, -0.05) is 0 Å². The number of rotatable bonds is 7. The second-order valence-electron chi connectivity index (χ2n) is 6.35. The summed E-state index contributed by atoms with van der Waals surface area (Å²) in [5.41, 5.74) is -3.29. The van der Waals surface area contributed by atoms with Gasteiger partial charge in [-0.15, -0.1) is 12.3 Å². The van der Waals surface area contributed by atoms with Crippen LogP contribution in [-0.2, 0) is 24.5 Å². The first-order valence-electron chi connectivity index (χ1n) is 7.89. The van der Waals surface area contributed by atoms with Gasteiger partial charge in [0.25, 0.3) is 0 Å². The fraction of sp³-hybridized carbons (Fsp3) is 0.529. The van der Waals surface area contributed by atoms with Crippen molar-refractivity contribution in [2.75, 3.05) is 6.61 Å². The average molecular weight is 363 g/mol. The van der Waals surface area contributed by atoms with Gasteiger partial charge in [0.1, 0.15) is 18.0 Å². The summed E-state index contributed by atoms with van der Waals surface area (Å²) >= 11 is 0. The number of hydrogen-bond donors (Lipinski definition) is 0. The maximum Gasteiger partial charge on any atom is 0.332 e. The van der Waals surface area contributed by atoms with Crippen molar-refractivity contribution in [1.82, 2.24) is 9.97 Å². The number of ether oxygens (including phenoxy) is 2. The second-order valence-corrected chi connectivity index (χ2v) is 6.35. The first-order chi connectivity index (χ1) is 12.1. The number of hydrogen-bond acceptors (Lipinski definition) is 8. The van der Waals surface area contributed by atoms with Gasteiger partial charge in [-0.3, -0.25) is 19.7 Å². The van der Waals surface area contributed by atoms with Crippen molar-refractivity contribution in [1.29, 1.82) is 0 Å². The number of nitrogens with zero attached hydrogens (tertiary/aromatic N) is 3. The van der Waals surface area contributed by atoms with Crippen molar-refractivity contribution in [2.24, 2.45) is 0 Å². The predicted octanol–water partition coefficient (Wildman–Crippen LogP) is 1.94. The smallest absolute Gasteiger partial charge is 0.332 e. The molecular weight excluding hydrogens is 342 g/mol. The van der Waals surface area contributed by atoms with E-state index in [2.05, 4.69) is 15.9 Å². The van der Waals surface area contributed by atoms with Crippen molar-refractivity contribution in [3.63, 3.8) is 0 Å². The molecule has 0 amide bonds. The van der Waals surface area contributed by atoms with Crippen LogP contribution < -0.4 is 0 Å².